The Morgan fingerprint density at radius 1 is 0.571 bits per heavy atom. The maximum atomic E-state index is 8.25. The zero-order valence-corrected chi connectivity index (χ0v) is 9.66. The molecule has 0 aromatic rings. The fourth-order valence-electron chi connectivity index (χ4n) is 0. The summed E-state index contributed by atoms with van der Waals surface area (Å²) in [6, 6.07) is 0. The van der Waals surface area contributed by atoms with Gasteiger partial charge in [-0.2, -0.15) is 0 Å². The van der Waals surface area contributed by atoms with Crippen molar-refractivity contribution < 1.29 is 48.0 Å². The molecule has 0 amide bonds. The van der Waals surface area contributed by atoms with Gasteiger partial charge in [-0.3, -0.25) is 0 Å². The van der Waals surface area contributed by atoms with Crippen molar-refractivity contribution in [3.8, 4) is 0 Å². The van der Waals surface area contributed by atoms with Gasteiger partial charge in [-0.1, -0.05) is 0 Å². The van der Waals surface area contributed by atoms with Crippen molar-refractivity contribution in [2.24, 2.45) is 0 Å². The fourth-order valence-corrected chi connectivity index (χ4v) is 0. The Morgan fingerprint density at radius 3 is 0.571 bits per heavy atom. The van der Waals surface area contributed by atoms with Gasteiger partial charge in [0, 0.05) is 0 Å². The summed E-state index contributed by atoms with van der Waals surface area (Å²) in [4.78, 5) is 24.8. The van der Waals surface area contributed by atoms with E-state index in [0.717, 1.165) is 0 Å². The summed E-state index contributed by atoms with van der Waals surface area (Å²) >= 11 is 0. The van der Waals surface area contributed by atoms with Crippen LogP contribution in [0.1, 0.15) is 0 Å². The maximum absolute atomic E-state index is 8.25. The number of nitrogens with zero attached hydrogens (tertiary/aromatic N) is 3. The Balaban J connectivity index is -0.0000000270. The predicted molar refractivity (Wildman–Crippen MR) is 38.3 cm³/mol. The van der Waals surface area contributed by atoms with Crippen molar-refractivity contribution in [1.82, 2.24) is 0 Å². The van der Waals surface area contributed by atoms with Crippen LogP contribution in [-0.2, 0) is 32.7 Å². The van der Waals surface area contributed by atoms with Crippen LogP contribution in [0, 0.1) is 46.0 Å². The molecule has 0 fully saturated rings. The SMILES string of the molecule is Cl.O=[N+]([O-])[O-].O=[N+]([O-])[O-].O=[N+]([O-])[O-].[Y+3]. The molecule has 0 aliphatic heterocycles. The fraction of sp³-hybridized carbons (Fsp3) is 0. The first kappa shape index (κ1) is 29.3. The molecule has 0 spiro atoms. The first-order valence-corrected chi connectivity index (χ1v) is 1.64. The van der Waals surface area contributed by atoms with E-state index in [9.17, 15) is 0 Å². The van der Waals surface area contributed by atoms with Gasteiger partial charge >= 0.3 is 32.7 Å². The molecular formula is HClN3O9Y. The van der Waals surface area contributed by atoms with Crippen molar-refractivity contribution in [2.75, 3.05) is 0 Å². The van der Waals surface area contributed by atoms with Crippen LogP contribution in [0.5, 0.6) is 0 Å². The van der Waals surface area contributed by atoms with E-state index in [-0.39, 0.29) is 45.1 Å². The minimum Gasteiger partial charge on any atom is -0.356 e. The molecule has 0 aliphatic carbocycles. The molecule has 0 atom stereocenters. The largest absolute Gasteiger partial charge is 3.00 e. The van der Waals surface area contributed by atoms with Crippen molar-refractivity contribution in [3.63, 3.8) is 0 Å². The van der Waals surface area contributed by atoms with Crippen LogP contribution in [0.2, 0.25) is 0 Å². The second-order valence-electron chi connectivity index (χ2n) is 0.671. The Morgan fingerprint density at radius 2 is 0.571 bits per heavy atom. The molecule has 0 heterocycles. The molecule has 0 radical (unpaired) electrons. The third kappa shape index (κ3) is 1080. The van der Waals surface area contributed by atoms with Gasteiger partial charge in [0.15, 0.2) is 0 Å². The van der Waals surface area contributed by atoms with E-state index in [1.165, 1.54) is 0 Å². The molecule has 14 heavy (non-hydrogen) atoms. The van der Waals surface area contributed by atoms with E-state index >= 15 is 0 Å². The van der Waals surface area contributed by atoms with Crippen LogP contribution < -0.4 is 0 Å². The van der Waals surface area contributed by atoms with E-state index < -0.39 is 15.3 Å². The normalized spacial score (nSPS) is 5.14. The van der Waals surface area contributed by atoms with E-state index in [2.05, 4.69) is 0 Å². The summed E-state index contributed by atoms with van der Waals surface area (Å²) in [5, 5.41) is 44.2. The minimum atomic E-state index is -1.75. The molecular weight excluding hydrogens is 310 g/mol. The number of rotatable bonds is 0. The number of hydrogen-bond donors (Lipinski definition) is 0. The summed E-state index contributed by atoms with van der Waals surface area (Å²) in [7, 11) is 0. The molecule has 0 aromatic heterocycles. The zero-order chi connectivity index (χ0) is 10.7. The second kappa shape index (κ2) is 22.7. The predicted octanol–water partition coefficient (Wildman–Crippen LogP) is -0.298. The smallest absolute Gasteiger partial charge is 0.356 e. The van der Waals surface area contributed by atoms with Gasteiger partial charge in [0.25, 0.3) is 0 Å². The van der Waals surface area contributed by atoms with Gasteiger partial charge in [-0.25, -0.2) is 0 Å². The molecule has 0 bridgehead atoms. The second-order valence-corrected chi connectivity index (χ2v) is 0.671. The Kier molecular flexibility index (Phi) is 47.4. The van der Waals surface area contributed by atoms with Gasteiger partial charge in [-0.05, 0) is 0 Å². The van der Waals surface area contributed by atoms with Gasteiger partial charge in [0.2, 0.25) is 0 Å². The van der Waals surface area contributed by atoms with Crippen molar-refractivity contribution in [2.45, 2.75) is 0 Å². The quantitative estimate of drug-likeness (QED) is 0.425. The molecule has 0 aromatic carbocycles. The topological polar surface area (TPSA) is 199 Å². The van der Waals surface area contributed by atoms with Crippen LogP contribution >= 0.6 is 12.4 Å². The summed E-state index contributed by atoms with van der Waals surface area (Å²) in [5.74, 6) is 0. The number of hydrogen-bond acceptors (Lipinski definition) is 9. The van der Waals surface area contributed by atoms with E-state index in [1.54, 1.807) is 0 Å². The van der Waals surface area contributed by atoms with Gasteiger partial charge in [0.05, 0.1) is 15.3 Å². The summed E-state index contributed by atoms with van der Waals surface area (Å²) in [5.41, 5.74) is 0. The third-order valence-electron chi connectivity index (χ3n) is 0. The van der Waals surface area contributed by atoms with Crippen LogP contribution in [0.15, 0.2) is 0 Å². The van der Waals surface area contributed by atoms with E-state index in [0.29, 0.717) is 0 Å². The van der Waals surface area contributed by atoms with Crippen LogP contribution in [0.3, 0.4) is 0 Å². The summed E-state index contributed by atoms with van der Waals surface area (Å²) in [6.45, 7) is 0. The van der Waals surface area contributed by atoms with Crippen molar-refractivity contribution in [1.29, 1.82) is 0 Å². The van der Waals surface area contributed by atoms with Gasteiger partial charge < -0.3 is 46.0 Å². The molecule has 14 heteroatoms. The number of halogens is 1. The standard InChI is InChI=1S/ClH.3NO3.Y/c;3*2-1(3)4;/h1H;;;;/q;3*-1;+3. The van der Waals surface area contributed by atoms with Crippen LogP contribution in [0.4, 0.5) is 0 Å². The Labute approximate surface area is 106 Å². The summed E-state index contributed by atoms with van der Waals surface area (Å²) in [6.07, 6.45) is 0. The van der Waals surface area contributed by atoms with Crippen LogP contribution in [0.25, 0.3) is 0 Å². The molecule has 0 saturated carbocycles. The summed E-state index contributed by atoms with van der Waals surface area (Å²) < 4.78 is 0. The Hall–Kier alpha value is -1.01. The van der Waals surface area contributed by atoms with E-state index in [4.69, 9.17) is 46.0 Å². The average molecular weight is 311 g/mol. The minimum absolute atomic E-state index is 0. The first-order valence-electron chi connectivity index (χ1n) is 1.64. The Bertz CT molecular complexity index is 118. The molecule has 12 nitrogen and oxygen atoms in total. The average Bonchev–Trinajstić information content (AvgIpc) is 1.54. The monoisotopic (exact) mass is 311 g/mol. The van der Waals surface area contributed by atoms with Gasteiger partial charge in [-0.15, -0.1) is 12.4 Å². The zero-order valence-electron chi connectivity index (χ0n) is 6.00. The van der Waals surface area contributed by atoms with E-state index in [1.807, 2.05) is 0 Å². The molecule has 0 unspecified atom stereocenters. The van der Waals surface area contributed by atoms with Crippen molar-refractivity contribution in [3.05, 3.63) is 46.0 Å². The van der Waals surface area contributed by atoms with Crippen molar-refractivity contribution >= 4 is 12.4 Å². The molecule has 0 rings (SSSR count). The molecule has 80 valence electrons. The first-order chi connectivity index (χ1) is 5.20. The molecule has 0 aliphatic rings. The molecule has 0 saturated heterocycles. The van der Waals surface area contributed by atoms with Crippen LogP contribution in [-0.4, -0.2) is 15.3 Å². The molecule has 0 N–H and O–H groups in total. The van der Waals surface area contributed by atoms with Gasteiger partial charge in [0.1, 0.15) is 0 Å². The third-order valence-corrected chi connectivity index (χ3v) is 0. The maximum Gasteiger partial charge on any atom is 3.00 e.